The number of carboxylic acids is 1. The molecule has 10 heteroatoms. The van der Waals surface area contributed by atoms with E-state index in [-0.39, 0.29) is 43.1 Å². The Hall–Kier alpha value is -2.29. The summed E-state index contributed by atoms with van der Waals surface area (Å²) in [5.74, 6) is -4.73. The number of ketones is 1. The molecule has 0 saturated heterocycles. The first-order valence-electron chi connectivity index (χ1n) is 11.5. The van der Waals surface area contributed by atoms with E-state index < -0.39 is 62.8 Å². The lowest BCUT2D eigenvalue weighted by Gasteiger charge is -2.62. The molecule has 4 rings (SSSR count). The second-order valence-corrected chi connectivity index (χ2v) is 11.4. The highest BCUT2D eigenvalue weighted by atomic mass is 35.5. The van der Waals surface area contributed by atoms with Gasteiger partial charge in [0.1, 0.15) is 11.8 Å². The molecular weight excluding hydrogens is 471 g/mol. The number of hydrogen-bond donors (Lipinski definition) is 4. The summed E-state index contributed by atoms with van der Waals surface area (Å²) in [6.07, 6.45) is -1.43. The third-order valence-electron chi connectivity index (χ3n) is 9.66. The number of hydrogen-bond acceptors (Lipinski definition) is 6. The summed E-state index contributed by atoms with van der Waals surface area (Å²) in [6.45, 7) is 5.17. The third-order valence-corrected chi connectivity index (χ3v) is 10.5. The molecule has 0 aromatic rings. The fourth-order valence-corrected chi connectivity index (χ4v) is 8.44. The number of Topliss-reactive ketones (excluding diaryl/α,β-unsaturated/α-hetero) is 1. The lowest BCUT2D eigenvalue weighted by atomic mass is 9.45. The van der Waals surface area contributed by atoms with Crippen LogP contribution in [0.3, 0.4) is 0 Å². The van der Waals surface area contributed by atoms with Gasteiger partial charge in [-0.25, -0.2) is 9.18 Å². The minimum absolute atomic E-state index is 0.0252. The second-order valence-electron chi connectivity index (χ2n) is 10.8. The highest BCUT2D eigenvalue weighted by Crippen LogP contribution is 2.73. The molecule has 0 radical (unpaired) electrons. The quantitative estimate of drug-likeness (QED) is 0.315. The number of alkyl halides is 2. The fraction of sp³-hybridized carbons (Fsp3) is 0.708. The van der Waals surface area contributed by atoms with Crippen LogP contribution < -0.4 is 0 Å². The first kappa shape index (κ1) is 24.8. The summed E-state index contributed by atoms with van der Waals surface area (Å²) in [7, 11) is 0. The van der Waals surface area contributed by atoms with E-state index >= 15 is 4.39 Å². The van der Waals surface area contributed by atoms with Gasteiger partial charge in [0.2, 0.25) is 11.5 Å². The number of ether oxygens (including phenoxy) is 1. The summed E-state index contributed by atoms with van der Waals surface area (Å²) < 4.78 is 21.1. The molecule has 0 bridgehead atoms. The van der Waals surface area contributed by atoms with E-state index in [1.165, 1.54) is 6.92 Å². The van der Waals surface area contributed by atoms with Crippen LogP contribution in [0.4, 0.5) is 9.18 Å². The van der Waals surface area contributed by atoms with E-state index in [1.807, 2.05) is 13.8 Å². The number of carbonyl (C=O) groups is 3. The van der Waals surface area contributed by atoms with Crippen LogP contribution in [-0.2, 0) is 14.3 Å². The van der Waals surface area contributed by atoms with E-state index in [2.05, 4.69) is 0 Å². The Morgan fingerprint density at radius 1 is 1.18 bits per heavy atom. The average Bonchev–Trinajstić information content (AvgIpc) is 2.96. The topological polar surface area (TPSA) is 141 Å². The molecule has 4 aliphatic rings. The van der Waals surface area contributed by atoms with Crippen molar-refractivity contribution in [2.24, 2.45) is 28.6 Å². The Morgan fingerprint density at radius 3 is 2.41 bits per heavy atom. The zero-order valence-electron chi connectivity index (χ0n) is 19.3. The molecular formula is C24H30ClFO8. The van der Waals surface area contributed by atoms with Crippen molar-refractivity contribution in [3.8, 4) is 0 Å². The van der Waals surface area contributed by atoms with Gasteiger partial charge in [-0.15, -0.1) is 11.6 Å². The zero-order valence-corrected chi connectivity index (χ0v) is 20.1. The maximum Gasteiger partial charge on any atom is 0.506 e. The Balaban J connectivity index is 1.82. The third kappa shape index (κ3) is 2.91. The van der Waals surface area contributed by atoms with Gasteiger partial charge >= 0.3 is 12.1 Å². The van der Waals surface area contributed by atoms with Gasteiger partial charge in [0.15, 0.2) is 5.76 Å². The predicted molar refractivity (Wildman–Crippen MR) is 118 cm³/mol. The molecule has 3 fully saturated rings. The molecule has 8 nitrogen and oxygen atoms in total. The van der Waals surface area contributed by atoms with Gasteiger partial charge in [-0.1, -0.05) is 13.8 Å². The van der Waals surface area contributed by atoms with E-state index in [1.54, 1.807) is 0 Å². The molecule has 0 amide bonds. The molecule has 8 atom stereocenters. The molecule has 4 aliphatic carbocycles. The molecule has 188 valence electrons. The molecule has 34 heavy (non-hydrogen) atoms. The van der Waals surface area contributed by atoms with Crippen LogP contribution in [0.1, 0.15) is 59.3 Å². The minimum Gasteiger partial charge on any atom is -0.504 e. The van der Waals surface area contributed by atoms with Gasteiger partial charge in [0.25, 0.3) is 0 Å². The predicted octanol–water partition coefficient (Wildman–Crippen LogP) is 4.92. The van der Waals surface area contributed by atoms with Crippen LogP contribution in [0.25, 0.3) is 0 Å². The summed E-state index contributed by atoms with van der Waals surface area (Å²) in [5, 5.41) is 39.1. The van der Waals surface area contributed by atoms with E-state index in [0.29, 0.717) is 12.8 Å². The number of aliphatic carboxylic acids is 1. The molecule has 0 aliphatic heterocycles. The number of allylic oxidation sites excluding steroid dienone is 3. The Bertz CT molecular complexity index is 1020. The number of carbonyl (C=O) groups excluding carboxylic acids is 1. The molecule has 4 N–H and O–H groups in total. The van der Waals surface area contributed by atoms with Crippen molar-refractivity contribution >= 4 is 29.5 Å². The molecule has 0 unspecified atom stereocenters. The Labute approximate surface area is 201 Å². The largest absolute Gasteiger partial charge is 0.506 e. The monoisotopic (exact) mass is 500 g/mol. The van der Waals surface area contributed by atoms with E-state index in [0.717, 1.165) is 6.08 Å². The molecule has 0 heterocycles. The van der Waals surface area contributed by atoms with Crippen molar-refractivity contribution in [3.05, 3.63) is 23.2 Å². The van der Waals surface area contributed by atoms with Crippen LogP contribution in [-0.4, -0.2) is 55.0 Å². The van der Waals surface area contributed by atoms with Crippen LogP contribution in [0.5, 0.6) is 0 Å². The molecule has 0 spiro atoms. The number of rotatable bonds is 4. The van der Waals surface area contributed by atoms with Gasteiger partial charge < -0.3 is 25.2 Å². The van der Waals surface area contributed by atoms with Crippen LogP contribution >= 0.6 is 11.6 Å². The van der Waals surface area contributed by atoms with Crippen LogP contribution in [0.2, 0.25) is 0 Å². The number of carboxylic acid groups (broad SMARTS) is 2. The number of aliphatic hydroxyl groups excluding tert-OH is 2. The maximum atomic E-state index is 15.6. The fourth-order valence-electron chi connectivity index (χ4n) is 7.91. The summed E-state index contributed by atoms with van der Waals surface area (Å²) in [5.41, 5.74) is -3.71. The number of fused-ring (bicyclic) bond motifs is 5. The molecule has 0 aromatic heterocycles. The van der Waals surface area contributed by atoms with Crippen molar-refractivity contribution in [3.63, 3.8) is 0 Å². The lowest BCUT2D eigenvalue weighted by molar-refractivity contribution is -0.160. The van der Waals surface area contributed by atoms with Crippen LogP contribution in [0, 0.1) is 28.6 Å². The number of aliphatic hydroxyl groups is 2. The minimum atomic E-state index is -1.60. The summed E-state index contributed by atoms with van der Waals surface area (Å²) in [4.78, 5) is 35.1. The Kier molecular flexibility index (Phi) is 5.55. The normalized spacial score (nSPS) is 45.7. The lowest BCUT2D eigenvalue weighted by Crippen LogP contribution is -2.66. The first-order chi connectivity index (χ1) is 15.7. The highest BCUT2D eigenvalue weighted by Gasteiger charge is 2.74. The van der Waals surface area contributed by atoms with Crippen LogP contribution in [0.15, 0.2) is 23.2 Å². The van der Waals surface area contributed by atoms with Crippen molar-refractivity contribution in [1.82, 2.24) is 0 Å². The molecule has 0 aromatic carbocycles. The SMILES string of the molecule is C[C@H]1C[C@H]2[C@@H]3C[C@H](F)C4=CC(O)=C(O)C(=O)[C@]4(C)[C@@]3(Cl)CC[C@]2(C)[C@@]1(CCC(=O)O)OC(=O)O. The summed E-state index contributed by atoms with van der Waals surface area (Å²) in [6, 6.07) is 0. The summed E-state index contributed by atoms with van der Waals surface area (Å²) >= 11 is 7.27. The van der Waals surface area contributed by atoms with Gasteiger partial charge in [-0.2, -0.15) is 0 Å². The van der Waals surface area contributed by atoms with Gasteiger partial charge in [0, 0.05) is 11.8 Å². The molecule has 3 saturated carbocycles. The van der Waals surface area contributed by atoms with Crippen molar-refractivity contribution in [1.29, 1.82) is 0 Å². The highest BCUT2D eigenvalue weighted by molar-refractivity contribution is 6.28. The average molecular weight is 501 g/mol. The van der Waals surface area contributed by atoms with Crippen molar-refractivity contribution in [2.45, 2.75) is 75.9 Å². The van der Waals surface area contributed by atoms with Gasteiger partial charge in [-0.05, 0) is 68.4 Å². The van der Waals surface area contributed by atoms with Crippen molar-refractivity contribution in [2.75, 3.05) is 0 Å². The first-order valence-corrected chi connectivity index (χ1v) is 11.9. The Morgan fingerprint density at radius 2 is 1.82 bits per heavy atom. The van der Waals surface area contributed by atoms with Gasteiger partial charge in [0.05, 0.1) is 10.3 Å². The van der Waals surface area contributed by atoms with E-state index in [9.17, 15) is 34.8 Å². The van der Waals surface area contributed by atoms with E-state index in [4.69, 9.17) is 16.3 Å². The zero-order chi connectivity index (χ0) is 25.4. The second kappa shape index (κ2) is 7.60. The standard InChI is InChI=1S/C24H30ClFO8/c1-11-8-12-13-9-15(26)14-10-16(27)18(30)19(31)22(14,3)23(13,25)7-6-21(12,2)24(11,34-20(32)33)5-4-17(28)29/h10-13,15,27,30H,4-9H2,1-3H3,(H,28,29)(H,32,33)/t11-,12-,13-,15-,21-,22+,23+,24-/m0/s1. The van der Waals surface area contributed by atoms with Crippen molar-refractivity contribution < 1.29 is 43.9 Å². The van der Waals surface area contributed by atoms with Gasteiger partial charge in [-0.3, -0.25) is 9.59 Å². The smallest absolute Gasteiger partial charge is 0.504 e. The number of halogens is 2. The maximum absolute atomic E-state index is 15.6.